The van der Waals surface area contributed by atoms with Gasteiger partial charge in [0.1, 0.15) is 11.6 Å². The summed E-state index contributed by atoms with van der Waals surface area (Å²) < 4.78 is 55.2. The van der Waals surface area contributed by atoms with Gasteiger partial charge >= 0.3 is 6.36 Å². The molecule has 1 aliphatic rings. The standard InChI is InChI=1S/C25H30F4O/c1-16(2)10-17-6-5-7-18(11-17)20-12-21(13-20)24(3,4)15-19-8-9-22(14-23(19)26)30-25(27,28)29/h5-9,11,14,16,20-21H,10,12-13,15H2,1-4H3. The van der Waals surface area contributed by atoms with Crippen molar-refractivity contribution < 1.29 is 22.3 Å². The first-order valence-corrected chi connectivity index (χ1v) is 10.6. The van der Waals surface area contributed by atoms with Gasteiger partial charge in [-0.25, -0.2) is 4.39 Å². The van der Waals surface area contributed by atoms with Crippen molar-refractivity contribution in [2.75, 3.05) is 0 Å². The number of halogens is 4. The summed E-state index contributed by atoms with van der Waals surface area (Å²) in [5.41, 5.74) is 3.03. The molecule has 3 rings (SSSR count). The fraction of sp³-hybridized carbons (Fsp3) is 0.520. The van der Waals surface area contributed by atoms with Crippen LogP contribution in [0, 0.1) is 23.1 Å². The molecule has 0 aromatic heterocycles. The Morgan fingerprint density at radius 3 is 2.33 bits per heavy atom. The topological polar surface area (TPSA) is 9.23 Å². The Hall–Kier alpha value is -2.04. The SMILES string of the molecule is CC(C)Cc1cccc(C2CC(C(C)(C)Cc3ccc(OC(F)(F)F)cc3F)C2)c1. The van der Waals surface area contributed by atoms with E-state index in [0.29, 0.717) is 29.7 Å². The highest BCUT2D eigenvalue weighted by Crippen LogP contribution is 2.51. The van der Waals surface area contributed by atoms with E-state index in [1.54, 1.807) is 0 Å². The van der Waals surface area contributed by atoms with Crippen LogP contribution >= 0.6 is 0 Å². The molecule has 2 aromatic carbocycles. The number of alkyl halides is 3. The summed E-state index contributed by atoms with van der Waals surface area (Å²) in [6, 6.07) is 12.2. The van der Waals surface area contributed by atoms with Gasteiger partial charge in [0, 0.05) is 6.07 Å². The van der Waals surface area contributed by atoms with Crippen LogP contribution in [0.4, 0.5) is 17.6 Å². The highest BCUT2D eigenvalue weighted by molar-refractivity contribution is 5.31. The third-order valence-electron chi connectivity index (χ3n) is 6.21. The molecule has 0 aliphatic heterocycles. The minimum Gasteiger partial charge on any atom is -0.406 e. The van der Waals surface area contributed by atoms with Crippen LogP contribution in [0.3, 0.4) is 0 Å². The van der Waals surface area contributed by atoms with Crippen LogP contribution in [0.1, 0.15) is 63.1 Å². The van der Waals surface area contributed by atoms with Crippen LogP contribution < -0.4 is 4.74 Å². The fourth-order valence-electron chi connectivity index (χ4n) is 4.48. The maximum absolute atomic E-state index is 14.4. The molecule has 1 nitrogen and oxygen atoms in total. The Kier molecular flexibility index (Phi) is 6.49. The summed E-state index contributed by atoms with van der Waals surface area (Å²) in [6.07, 6.45) is -1.16. The quantitative estimate of drug-likeness (QED) is 0.416. The second kappa shape index (κ2) is 8.60. The average Bonchev–Trinajstić information content (AvgIpc) is 2.54. The molecule has 0 spiro atoms. The molecular weight excluding hydrogens is 392 g/mol. The zero-order chi connectivity index (χ0) is 22.1. The van der Waals surface area contributed by atoms with E-state index >= 15 is 0 Å². The van der Waals surface area contributed by atoms with Gasteiger partial charge in [-0.1, -0.05) is 58.0 Å². The summed E-state index contributed by atoms with van der Waals surface area (Å²) in [6.45, 7) is 8.66. The van der Waals surface area contributed by atoms with Crippen molar-refractivity contribution >= 4 is 0 Å². The highest BCUT2D eigenvalue weighted by Gasteiger charge is 2.41. The Bertz CT molecular complexity index is 864. The molecule has 164 valence electrons. The Morgan fingerprint density at radius 1 is 1.03 bits per heavy atom. The van der Waals surface area contributed by atoms with Crippen LogP contribution in [0.25, 0.3) is 0 Å². The number of rotatable bonds is 7. The molecule has 0 unspecified atom stereocenters. The van der Waals surface area contributed by atoms with Crippen LogP contribution in [0.15, 0.2) is 42.5 Å². The number of benzene rings is 2. The van der Waals surface area contributed by atoms with E-state index in [-0.39, 0.29) is 5.41 Å². The maximum atomic E-state index is 14.4. The molecule has 1 aliphatic carbocycles. The molecule has 0 bridgehead atoms. The summed E-state index contributed by atoms with van der Waals surface area (Å²) in [7, 11) is 0. The van der Waals surface area contributed by atoms with E-state index in [0.717, 1.165) is 25.3 Å². The van der Waals surface area contributed by atoms with Crippen LogP contribution in [0.5, 0.6) is 5.75 Å². The molecule has 0 N–H and O–H groups in total. The molecule has 1 saturated carbocycles. The maximum Gasteiger partial charge on any atom is 0.573 e. The van der Waals surface area contributed by atoms with Crippen molar-refractivity contribution in [3.05, 3.63) is 65.0 Å². The van der Waals surface area contributed by atoms with Crippen LogP contribution in [-0.4, -0.2) is 6.36 Å². The van der Waals surface area contributed by atoms with E-state index in [4.69, 9.17) is 0 Å². The van der Waals surface area contributed by atoms with Crippen LogP contribution in [0.2, 0.25) is 0 Å². The van der Waals surface area contributed by atoms with Crippen LogP contribution in [-0.2, 0) is 12.8 Å². The number of hydrogen-bond donors (Lipinski definition) is 0. The number of hydrogen-bond acceptors (Lipinski definition) is 1. The predicted molar refractivity (Wildman–Crippen MR) is 111 cm³/mol. The van der Waals surface area contributed by atoms with E-state index in [9.17, 15) is 17.6 Å². The summed E-state index contributed by atoms with van der Waals surface area (Å²) >= 11 is 0. The van der Waals surface area contributed by atoms with Gasteiger partial charge in [0.25, 0.3) is 0 Å². The lowest BCUT2D eigenvalue weighted by molar-refractivity contribution is -0.274. The Balaban J connectivity index is 1.61. The molecular formula is C25H30F4O. The lowest BCUT2D eigenvalue weighted by atomic mass is 9.59. The highest BCUT2D eigenvalue weighted by atomic mass is 19.4. The molecule has 5 heteroatoms. The van der Waals surface area contributed by atoms with E-state index < -0.39 is 17.9 Å². The Morgan fingerprint density at radius 2 is 1.73 bits per heavy atom. The van der Waals surface area contributed by atoms with Gasteiger partial charge in [-0.2, -0.15) is 0 Å². The van der Waals surface area contributed by atoms with Gasteiger partial charge in [-0.05, 0) is 71.6 Å². The van der Waals surface area contributed by atoms with E-state index in [2.05, 4.69) is 56.7 Å². The minimum absolute atomic E-state index is 0.140. The minimum atomic E-state index is -4.82. The molecule has 0 radical (unpaired) electrons. The van der Waals surface area contributed by atoms with Gasteiger partial charge in [-0.3, -0.25) is 0 Å². The smallest absolute Gasteiger partial charge is 0.406 e. The second-order valence-electron chi connectivity index (χ2n) is 9.67. The van der Waals surface area contributed by atoms with Crippen molar-refractivity contribution in [1.82, 2.24) is 0 Å². The zero-order valence-corrected chi connectivity index (χ0v) is 18.0. The second-order valence-corrected chi connectivity index (χ2v) is 9.67. The first-order valence-electron chi connectivity index (χ1n) is 10.6. The fourth-order valence-corrected chi connectivity index (χ4v) is 4.48. The largest absolute Gasteiger partial charge is 0.573 e. The van der Waals surface area contributed by atoms with Gasteiger partial charge in [0.2, 0.25) is 0 Å². The van der Waals surface area contributed by atoms with E-state index in [1.807, 2.05) is 0 Å². The van der Waals surface area contributed by atoms with Gasteiger partial charge in [-0.15, -0.1) is 13.2 Å². The lowest BCUT2D eigenvalue weighted by Crippen LogP contribution is -2.36. The van der Waals surface area contributed by atoms with Gasteiger partial charge < -0.3 is 4.74 Å². The predicted octanol–water partition coefficient (Wildman–Crippen LogP) is 7.69. The summed E-state index contributed by atoms with van der Waals surface area (Å²) in [5.74, 6) is 0.417. The van der Waals surface area contributed by atoms with E-state index in [1.165, 1.54) is 23.3 Å². The third-order valence-corrected chi connectivity index (χ3v) is 6.21. The molecule has 1 fully saturated rings. The molecule has 2 aromatic rings. The average molecular weight is 423 g/mol. The first-order chi connectivity index (χ1) is 13.9. The summed E-state index contributed by atoms with van der Waals surface area (Å²) in [4.78, 5) is 0. The third kappa shape index (κ3) is 5.77. The van der Waals surface area contributed by atoms with Crippen molar-refractivity contribution in [2.45, 2.75) is 65.7 Å². The molecule has 30 heavy (non-hydrogen) atoms. The van der Waals surface area contributed by atoms with Crippen molar-refractivity contribution in [3.63, 3.8) is 0 Å². The van der Waals surface area contributed by atoms with Crippen molar-refractivity contribution in [3.8, 4) is 5.75 Å². The van der Waals surface area contributed by atoms with Crippen molar-refractivity contribution in [1.29, 1.82) is 0 Å². The summed E-state index contributed by atoms with van der Waals surface area (Å²) in [5, 5.41) is 0. The molecule has 0 saturated heterocycles. The monoisotopic (exact) mass is 422 g/mol. The Labute approximate surface area is 176 Å². The van der Waals surface area contributed by atoms with Gasteiger partial charge in [0.05, 0.1) is 0 Å². The lowest BCUT2D eigenvalue weighted by Gasteiger charge is -2.46. The normalized spacial score (nSPS) is 19.6. The van der Waals surface area contributed by atoms with Crippen molar-refractivity contribution in [2.24, 2.45) is 17.3 Å². The zero-order valence-electron chi connectivity index (χ0n) is 18.0. The molecule has 0 atom stereocenters. The van der Waals surface area contributed by atoms with Gasteiger partial charge in [0.15, 0.2) is 0 Å². The molecule has 0 heterocycles. The number of ether oxygens (including phenoxy) is 1. The first kappa shape index (κ1) is 22.6. The molecule has 0 amide bonds.